The van der Waals surface area contributed by atoms with Crippen LogP contribution >= 0.6 is 0 Å². The maximum absolute atomic E-state index is 13.1. The number of aromatic nitrogens is 4. The first-order chi connectivity index (χ1) is 15.7. The molecule has 0 amide bonds. The van der Waals surface area contributed by atoms with Crippen molar-refractivity contribution in [3.63, 3.8) is 0 Å². The van der Waals surface area contributed by atoms with Gasteiger partial charge in [0, 0.05) is 12.6 Å². The molecule has 1 N–H and O–H groups in total. The molecule has 7 heteroatoms. The summed E-state index contributed by atoms with van der Waals surface area (Å²) in [6.45, 7) is 3.97. The van der Waals surface area contributed by atoms with Gasteiger partial charge in [0.05, 0.1) is 7.11 Å². The highest BCUT2D eigenvalue weighted by molar-refractivity contribution is 5.69. The fraction of sp³-hybridized carbons (Fsp3) is 0.400. The Bertz CT molecular complexity index is 1260. The third-order valence-electron chi connectivity index (χ3n) is 6.66. The summed E-state index contributed by atoms with van der Waals surface area (Å²) in [6.07, 6.45) is 7.90. The fourth-order valence-electron chi connectivity index (χ4n) is 4.89. The van der Waals surface area contributed by atoms with Gasteiger partial charge in [-0.1, -0.05) is 30.3 Å². The predicted molar refractivity (Wildman–Crippen MR) is 124 cm³/mol. The van der Waals surface area contributed by atoms with Crippen LogP contribution in [-0.2, 0) is 13.0 Å². The number of hydrogen-bond acceptors (Lipinski definition) is 4. The van der Waals surface area contributed by atoms with Crippen LogP contribution in [0.5, 0.6) is 5.88 Å². The zero-order valence-electron chi connectivity index (χ0n) is 18.5. The normalized spacial score (nSPS) is 15.5. The van der Waals surface area contributed by atoms with E-state index in [4.69, 9.17) is 4.74 Å². The second kappa shape index (κ2) is 9.12. The van der Waals surface area contributed by atoms with Crippen LogP contribution in [0, 0.1) is 5.92 Å². The largest absolute Gasteiger partial charge is 0.471 e. The molecule has 4 aromatic rings. The van der Waals surface area contributed by atoms with Gasteiger partial charge in [-0.15, -0.1) is 4.98 Å². The average molecular weight is 433 g/mol. The van der Waals surface area contributed by atoms with E-state index in [-0.39, 0.29) is 5.56 Å². The Hall–Kier alpha value is -3.19. The average Bonchev–Trinajstić information content (AvgIpc) is 3.33. The standard InChI is InChI=1S/C25H29N5O2/c1-32-23-9-8-21-24(27-23)30-18-26-17-22(30)25(31)29(21)13-5-12-28-14-10-20(11-15-28)16-19-6-3-2-4-7-19/h2-4,6-9,17-18,20H,5,10-16H2,1H3/p+1. The zero-order chi connectivity index (χ0) is 21.9. The number of imidazole rings is 1. The fourth-order valence-corrected chi connectivity index (χ4v) is 4.89. The summed E-state index contributed by atoms with van der Waals surface area (Å²) in [7, 11) is 1.63. The summed E-state index contributed by atoms with van der Waals surface area (Å²) in [4.78, 5) is 23.1. The van der Waals surface area contributed by atoms with Gasteiger partial charge in [-0.25, -0.2) is 4.98 Å². The van der Waals surface area contributed by atoms with E-state index < -0.39 is 0 Å². The summed E-state index contributed by atoms with van der Waals surface area (Å²) in [6, 6.07) is 14.6. The third-order valence-corrected chi connectivity index (χ3v) is 6.66. The first-order valence-electron chi connectivity index (χ1n) is 11.4. The predicted octanol–water partition coefficient (Wildman–Crippen LogP) is 2.82. The van der Waals surface area contributed by atoms with E-state index in [1.165, 1.54) is 24.8 Å². The number of aromatic amines is 1. The van der Waals surface area contributed by atoms with Crippen LogP contribution in [0.2, 0.25) is 0 Å². The van der Waals surface area contributed by atoms with Crippen LogP contribution in [-0.4, -0.2) is 46.2 Å². The minimum absolute atomic E-state index is 0.00450. The number of nitrogens with one attached hydrogen (secondary N) is 1. The maximum Gasteiger partial charge on any atom is 0.294 e. The van der Waals surface area contributed by atoms with Crippen molar-refractivity contribution in [2.45, 2.75) is 32.2 Å². The number of aryl methyl sites for hydroxylation is 1. The number of rotatable bonds is 7. The summed E-state index contributed by atoms with van der Waals surface area (Å²) in [5.41, 5.74) is 3.70. The Morgan fingerprint density at radius 3 is 2.72 bits per heavy atom. The lowest BCUT2D eigenvalue weighted by atomic mass is 9.90. The first kappa shape index (κ1) is 20.7. The molecule has 166 valence electrons. The van der Waals surface area contributed by atoms with Gasteiger partial charge in [0.2, 0.25) is 11.8 Å². The highest BCUT2D eigenvalue weighted by Crippen LogP contribution is 2.22. The van der Waals surface area contributed by atoms with Crippen molar-refractivity contribution in [2.24, 2.45) is 5.92 Å². The quantitative estimate of drug-likeness (QED) is 0.456. The minimum Gasteiger partial charge on any atom is -0.471 e. The maximum atomic E-state index is 13.1. The van der Waals surface area contributed by atoms with Crippen LogP contribution in [0.15, 0.2) is 59.8 Å². The molecular formula is C25H30N5O2+. The molecule has 0 saturated carbocycles. The van der Waals surface area contributed by atoms with E-state index >= 15 is 0 Å². The second-order valence-corrected chi connectivity index (χ2v) is 8.69. The number of hydrogen-bond donors (Lipinski definition) is 1. The SMILES string of the molecule is COc1ccc2c([nH]1)[n+]1cncc1c(=O)n2CCCN1CCC(Cc2ccccc2)CC1. The Balaban J connectivity index is 1.24. The molecule has 1 saturated heterocycles. The van der Waals surface area contributed by atoms with Crippen LogP contribution in [0.3, 0.4) is 0 Å². The van der Waals surface area contributed by atoms with Crippen molar-refractivity contribution in [3.05, 3.63) is 70.9 Å². The highest BCUT2D eigenvalue weighted by Gasteiger charge is 2.20. The third kappa shape index (κ3) is 4.12. The smallest absolute Gasteiger partial charge is 0.294 e. The number of ether oxygens (including phenoxy) is 1. The van der Waals surface area contributed by atoms with E-state index in [0.717, 1.165) is 43.1 Å². The van der Waals surface area contributed by atoms with Crippen molar-refractivity contribution >= 4 is 16.7 Å². The molecule has 5 rings (SSSR count). The van der Waals surface area contributed by atoms with E-state index in [0.29, 0.717) is 17.9 Å². The molecule has 7 nitrogen and oxygen atoms in total. The van der Waals surface area contributed by atoms with Gasteiger partial charge in [-0.3, -0.25) is 9.36 Å². The monoisotopic (exact) mass is 432 g/mol. The zero-order valence-corrected chi connectivity index (χ0v) is 18.5. The number of piperidine rings is 1. The van der Waals surface area contributed by atoms with Crippen LogP contribution in [0.1, 0.15) is 24.8 Å². The Morgan fingerprint density at radius 2 is 1.94 bits per heavy atom. The van der Waals surface area contributed by atoms with Crippen molar-refractivity contribution in [1.82, 2.24) is 19.4 Å². The molecule has 1 fully saturated rings. The number of H-pyrrole nitrogens is 1. The lowest BCUT2D eigenvalue weighted by Crippen LogP contribution is -2.37. The van der Waals surface area contributed by atoms with Crippen molar-refractivity contribution in [3.8, 4) is 5.88 Å². The van der Waals surface area contributed by atoms with Crippen molar-refractivity contribution in [2.75, 3.05) is 26.7 Å². The molecule has 3 aromatic heterocycles. The molecule has 4 heterocycles. The first-order valence-corrected chi connectivity index (χ1v) is 11.4. The molecule has 1 aliphatic rings. The van der Waals surface area contributed by atoms with Gasteiger partial charge < -0.3 is 9.64 Å². The number of pyridine rings is 1. The van der Waals surface area contributed by atoms with Gasteiger partial charge in [0.15, 0.2) is 0 Å². The van der Waals surface area contributed by atoms with Crippen LogP contribution in [0.4, 0.5) is 0 Å². The number of nitrogens with zero attached hydrogens (tertiary/aromatic N) is 4. The Kier molecular flexibility index (Phi) is 5.90. The van der Waals surface area contributed by atoms with Gasteiger partial charge in [0.1, 0.15) is 11.7 Å². The molecular weight excluding hydrogens is 402 g/mol. The van der Waals surface area contributed by atoms with E-state index in [9.17, 15) is 4.79 Å². The summed E-state index contributed by atoms with van der Waals surface area (Å²) >= 11 is 0. The van der Waals surface area contributed by atoms with Crippen molar-refractivity contribution in [1.29, 1.82) is 0 Å². The highest BCUT2D eigenvalue weighted by atomic mass is 16.5. The molecule has 32 heavy (non-hydrogen) atoms. The molecule has 1 aliphatic heterocycles. The number of fused-ring (bicyclic) bond motifs is 3. The van der Waals surface area contributed by atoms with Crippen molar-refractivity contribution < 1.29 is 9.14 Å². The molecule has 0 atom stereocenters. The van der Waals surface area contributed by atoms with Gasteiger partial charge in [-0.2, -0.15) is 4.40 Å². The second-order valence-electron chi connectivity index (χ2n) is 8.69. The Labute approximate surface area is 187 Å². The minimum atomic E-state index is -0.00450. The molecule has 0 unspecified atom stereocenters. The number of methoxy groups -OCH3 is 1. The lowest BCUT2D eigenvalue weighted by Gasteiger charge is -2.32. The molecule has 1 aromatic carbocycles. The van der Waals surface area contributed by atoms with E-state index in [2.05, 4.69) is 45.2 Å². The van der Waals surface area contributed by atoms with Crippen LogP contribution < -0.4 is 14.7 Å². The molecule has 0 bridgehead atoms. The van der Waals surface area contributed by atoms with Gasteiger partial charge in [-0.05, 0) is 62.9 Å². The topological polar surface area (TPSA) is 67.2 Å². The van der Waals surface area contributed by atoms with E-state index in [1.54, 1.807) is 24.0 Å². The number of benzene rings is 1. The van der Waals surface area contributed by atoms with Gasteiger partial charge >= 0.3 is 0 Å². The summed E-state index contributed by atoms with van der Waals surface area (Å²) in [5, 5.41) is 0. The lowest BCUT2D eigenvalue weighted by molar-refractivity contribution is -0.484. The van der Waals surface area contributed by atoms with E-state index in [1.807, 2.05) is 16.7 Å². The summed E-state index contributed by atoms with van der Waals surface area (Å²) < 4.78 is 9.01. The summed E-state index contributed by atoms with van der Waals surface area (Å²) in [5.74, 6) is 1.42. The molecule has 0 aliphatic carbocycles. The number of likely N-dealkylation sites (tertiary alicyclic amines) is 1. The molecule has 0 radical (unpaired) electrons. The van der Waals surface area contributed by atoms with Gasteiger partial charge in [0.25, 0.3) is 17.1 Å². The Morgan fingerprint density at radius 1 is 1.12 bits per heavy atom. The molecule has 0 spiro atoms. The van der Waals surface area contributed by atoms with Crippen LogP contribution in [0.25, 0.3) is 16.7 Å².